The summed E-state index contributed by atoms with van der Waals surface area (Å²) in [5, 5.41) is 3.04. The van der Waals surface area contributed by atoms with Gasteiger partial charge in [0.15, 0.2) is 0 Å². The zero-order chi connectivity index (χ0) is 8.97. The second kappa shape index (κ2) is 3.76. The van der Waals surface area contributed by atoms with Crippen molar-refractivity contribution in [2.75, 3.05) is 12.4 Å². The van der Waals surface area contributed by atoms with E-state index < -0.39 is 0 Å². The van der Waals surface area contributed by atoms with Crippen molar-refractivity contribution < 1.29 is 0 Å². The Morgan fingerprint density at radius 1 is 1.42 bits per heavy atom. The first-order chi connectivity index (χ1) is 5.74. The predicted octanol–water partition coefficient (Wildman–Crippen LogP) is 1.74. The van der Waals surface area contributed by atoms with Gasteiger partial charge in [0, 0.05) is 7.05 Å². The first-order valence-electron chi connectivity index (χ1n) is 3.81. The number of anilines is 1. The molecule has 0 atom stereocenters. The highest BCUT2D eigenvalue weighted by atomic mass is 14.9. The highest BCUT2D eigenvalue weighted by molar-refractivity contribution is 5.83. The Morgan fingerprint density at radius 2 is 2.08 bits per heavy atom. The quantitative estimate of drug-likeness (QED) is 0.515. The van der Waals surface area contributed by atoms with E-state index in [1.54, 1.807) is 6.92 Å². The standard InChI is InChI=1S/C9H13N3/c1-7(10)12-9-6-4-3-5-8(9)11-2/h3-6,11H,1-2H3,(H2,10,12). The summed E-state index contributed by atoms with van der Waals surface area (Å²) in [5.74, 6) is 0.567. The van der Waals surface area contributed by atoms with Crippen LogP contribution in [0.1, 0.15) is 6.92 Å². The Hall–Kier alpha value is -1.51. The summed E-state index contributed by atoms with van der Waals surface area (Å²) in [6.45, 7) is 1.77. The number of para-hydroxylation sites is 2. The van der Waals surface area contributed by atoms with Gasteiger partial charge in [-0.15, -0.1) is 0 Å². The molecule has 1 aromatic rings. The van der Waals surface area contributed by atoms with E-state index in [4.69, 9.17) is 5.73 Å². The lowest BCUT2D eigenvalue weighted by Crippen LogP contribution is -2.04. The second-order valence-electron chi connectivity index (χ2n) is 2.52. The summed E-state index contributed by atoms with van der Waals surface area (Å²) in [6.07, 6.45) is 0. The molecule has 0 heterocycles. The minimum atomic E-state index is 0.567. The van der Waals surface area contributed by atoms with Crippen LogP contribution in [-0.2, 0) is 0 Å². The molecule has 0 radical (unpaired) electrons. The van der Waals surface area contributed by atoms with Gasteiger partial charge in [-0.25, -0.2) is 4.99 Å². The van der Waals surface area contributed by atoms with E-state index in [2.05, 4.69) is 10.3 Å². The normalized spacial score (nSPS) is 11.3. The molecule has 0 amide bonds. The number of rotatable bonds is 2. The second-order valence-corrected chi connectivity index (χ2v) is 2.52. The topological polar surface area (TPSA) is 50.4 Å². The number of benzene rings is 1. The molecule has 0 unspecified atom stereocenters. The number of hydrogen-bond acceptors (Lipinski definition) is 2. The van der Waals surface area contributed by atoms with Gasteiger partial charge in [0.05, 0.1) is 17.2 Å². The van der Waals surface area contributed by atoms with E-state index in [1.165, 1.54) is 0 Å². The van der Waals surface area contributed by atoms with Gasteiger partial charge in [-0.3, -0.25) is 0 Å². The molecule has 1 aromatic carbocycles. The highest BCUT2D eigenvalue weighted by Gasteiger charge is 1.95. The Bertz CT molecular complexity index is 288. The van der Waals surface area contributed by atoms with Gasteiger partial charge >= 0.3 is 0 Å². The smallest absolute Gasteiger partial charge is 0.0965 e. The summed E-state index contributed by atoms with van der Waals surface area (Å²) in [5.41, 5.74) is 7.33. The summed E-state index contributed by atoms with van der Waals surface area (Å²) < 4.78 is 0. The van der Waals surface area contributed by atoms with Crippen molar-refractivity contribution in [1.82, 2.24) is 0 Å². The molecule has 0 aromatic heterocycles. The lowest BCUT2D eigenvalue weighted by molar-refractivity contribution is 1.41. The molecule has 12 heavy (non-hydrogen) atoms. The zero-order valence-electron chi connectivity index (χ0n) is 7.33. The molecule has 64 valence electrons. The molecule has 0 saturated heterocycles. The molecule has 0 fully saturated rings. The molecule has 3 nitrogen and oxygen atoms in total. The monoisotopic (exact) mass is 163 g/mol. The van der Waals surface area contributed by atoms with Crippen LogP contribution < -0.4 is 11.1 Å². The van der Waals surface area contributed by atoms with E-state index in [9.17, 15) is 0 Å². The number of nitrogens with one attached hydrogen (secondary N) is 1. The molecular weight excluding hydrogens is 150 g/mol. The average molecular weight is 163 g/mol. The maximum absolute atomic E-state index is 5.47. The number of hydrogen-bond donors (Lipinski definition) is 2. The molecule has 0 bridgehead atoms. The van der Waals surface area contributed by atoms with Crippen LogP contribution in [-0.4, -0.2) is 12.9 Å². The fourth-order valence-corrected chi connectivity index (χ4v) is 0.973. The van der Waals surface area contributed by atoms with Crippen molar-refractivity contribution in [3.63, 3.8) is 0 Å². The van der Waals surface area contributed by atoms with Crippen LogP contribution in [0, 0.1) is 0 Å². The molecule has 0 saturated carbocycles. The van der Waals surface area contributed by atoms with Gasteiger partial charge < -0.3 is 11.1 Å². The van der Waals surface area contributed by atoms with Crippen molar-refractivity contribution in [1.29, 1.82) is 0 Å². The van der Waals surface area contributed by atoms with Crippen LogP contribution in [0.2, 0.25) is 0 Å². The largest absolute Gasteiger partial charge is 0.387 e. The van der Waals surface area contributed by atoms with E-state index >= 15 is 0 Å². The minimum Gasteiger partial charge on any atom is -0.387 e. The van der Waals surface area contributed by atoms with Gasteiger partial charge in [0.2, 0.25) is 0 Å². The molecule has 1 rings (SSSR count). The van der Waals surface area contributed by atoms with Gasteiger partial charge in [-0.1, -0.05) is 12.1 Å². The van der Waals surface area contributed by atoms with Crippen LogP contribution in [0.4, 0.5) is 11.4 Å². The van der Waals surface area contributed by atoms with Gasteiger partial charge in [-0.2, -0.15) is 0 Å². The molecular formula is C9H13N3. The lowest BCUT2D eigenvalue weighted by atomic mass is 10.3. The summed E-state index contributed by atoms with van der Waals surface area (Å²) in [6, 6.07) is 7.77. The van der Waals surface area contributed by atoms with Crippen molar-refractivity contribution in [3.05, 3.63) is 24.3 Å². The van der Waals surface area contributed by atoms with Crippen LogP contribution in [0.25, 0.3) is 0 Å². The van der Waals surface area contributed by atoms with Crippen LogP contribution in [0.3, 0.4) is 0 Å². The Balaban J connectivity index is 3.05. The van der Waals surface area contributed by atoms with Crippen molar-refractivity contribution in [2.24, 2.45) is 10.7 Å². The van der Waals surface area contributed by atoms with E-state index in [-0.39, 0.29) is 0 Å². The lowest BCUT2D eigenvalue weighted by Gasteiger charge is -2.03. The third-order valence-electron chi connectivity index (χ3n) is 1.47. The third kappa shape index (κ3) is 1.99. The number of amidine groups is 1. The summed E-state index contributed by atoms with van der Waals surface area (Å²) >= 11 is 0. The third-order valence-corrected chi connectivity index (χ3v) is 1.47. The van der Waals surface area contributed by atoms with Crippen molar-refractivity contribution in [3.8, 4) is 0 Å². The highest BCUT2D eigenvalue weighted by Crippen LogP contribution is 2.23. The van der Waals surface area contributed by atoms with Crippen molar-refractivity contribution >= 4 is 17.2 Å². The van der Waals surface area contributed by atoms with E-state index in [0.29, 0.717) is 5.84 Å². The molecule has 0 spiro atoms. The Labute approximate surface area is 72.3 Å². The van der Waals surface area contributed by atoms with Crippen LogP contribution >= 0.6 is 0 Å². The van der Waals surface area contributed by atoms with Gasteiger partial charge in [0.1, 0.15) is 0 Å². The molecule has 0 aliphatic heterocycles. The average Bonchev–Trinajstić information content (AvgIpc) is 2.04. The molecule has 0 aliphatic carbocycles. The van der Waals surface area contributed by atoms with E-state index in [0.717, 1.165) is 11.4 Å². The Morgan fingerprint density at radius 3 is 2.67 bits per heavy atom. The minimum absolute atomic E-state index is 0.567. The van der Waals surface area contributed by atoms with E-state index in [1.807, 2.05) is 31.3 Å². The maximum Gasteiger partial charge on any atom is 0.0965 e. The van der Waals surface area contributed by atoms with Gasteiger partial charge in [-0.05, 0) is 19.1 Å². The molecule has 0 aliphatic rings. The molecule has 3 heteroatoms. The number of nitrogens with zero attached hydrogens (tertiary/aromatic N) is 1. The number of nitrogens with two attached hydrogens (primary N) is 1. The predicted molar refractivity (Wildman–Crippen MR) is 52.9 cm³/mol. The first kappa shape index (κ1) is 8.59. The fraction of sp³-hybridized carbons (Fsp3) is 0.222. The van der Waals surface area contributed by atoms with Crippen LogP contribution in [0.15, 0.2) is 29.3 Å². The summed E-state index contributed by atoms with van der Waals surface area (Å²) in [7, 11) is 1.86. The Kier molecular flexibility index (Phi) is 2.69. The van der Waals surface area contributed by atoms with Crippen LogP contribution in [0.5, 0.6) is 0 Å². The first-order valence-corrected chi connectivity index (χ1v) is 3.81. The SMILES string of the molecule is CNc1ccccc1N=C(C)N. The van der Waals surface area contributed by atoms with Gasteiger partial charge in [0.25, 0.3) is 0 Å². The zero-order valence-corrected chi connectivity index (χ0v) is 7.33. The number of aliphatic imine (C=N–C) groups is 1. The maximum atomic E-state index is 5.47. The van der Waals surface area contributed by atoms with Crippen molar-refractivity contribution in [2.45, 2.75) is 6.92 Å². The summed E-state index contributed by atoms with van der Waals surface area (Å²) in [4.78, 5) is 4.16. The fourth-order valence-electron chi connectivity index (χ4n) is 0.973. The molecule has 3 N–H and O–H groups in total.